The molecule has 1 aliphatic rings. The number of halogens is 2. The Bertz CT molecular complexity index is 568. The average Bonchev–Trinajstić information content (AvgIpc) is 2.52. The van der Waals surface area contributed by atoms with Crippen molar-refractivity contribution in [3.8, 4) is 0 Å². The topological polar surface area (TPSA) is 61.8 Å². The zero-order valence-corrected chi connectivity index (χ0v) is 14.1. The molecule has 2 amide bonds. The van der Waals surface area contributed by atoms with Crippen LogP contribution in [-0.2, 0) is 10.2 Å². The standard InChI is InChI=1S/C16H22ClFN2O3/c1-16(2,13-4-3-11(18)7-14(13)17)10-19-15(22)20-5-6-23-12(8-20)9-21/h3-4,7,12,21H,5-6,8-10H2,1-2H3,(H,19,22)/t12-/m1/s1. The Morgan fingerprint density at radius 1 is 1.57 bits per heavy atom. The highest BCUT2D eigenvalue weighted by Gasteiger charge is 2.27. The van der Waals surface area contributed by atoms with Crippen LogP contribution in [0.3, 0.4) is 0 Å². The van der Waals surface area contributed by atoms with Crippen molar-refractivity contribution < 1.29 is 19.0 Å². The summed E-state index contributed by atoms with van der Waals surface area (Å²) < 4.78 is 18.5. The Morgan fingerprint density at radius 2 is 2.30 bits per heavy atom. The maximum absolute atomic E-state index is 13.2. The lowest BCUT2D eigenvalue weighted by Crippen LogP contribution is -2.52. The lowest BCUT2D eigenvalue weighted by molar-refractivity contribution is -0.0403. The molecule has 7 heteroatoms. The summed E-state index contributed by atoms with van der Waals surface area (Å²) in [5.41, 5.74) is 0.333. The van der Waals surface area contributed by atoms with Crippen LogP contribution in [0.5, 0.6) is 0 Å². The van der Waals surface area contributed by atoms with E-state index in [9.17, 15) is 9.18 Å². The summed E-state index contributed by atoms with van der Waals surface area (Å²) in [4.78, 5) is 13.9. The van der Waals surface area contributed by atoms with Gasteiger partial charge in [-0.1, -0.05) is 31.5 Å². The molecule has 128 valence electrons. The van der Waals surface area contributed by atoms with E-state index in [1.807, 2.05) is 13.8 Å². The Morgan fingerprint density at radius 3 is 2.96 bits per heavy atom. The Hall–Kier alpha value is -1.37. The van der Waals surface area contributed by atoms with Crippen molar-refractivity contribution in [2.45, 2.75) is 25.4 Å². The molecule has 0 saturated carbocycles. The molecule has 0 radical (unpaired) electrons. The number of nitrogens with zero attached hydrogens (tertiary/aromatic N) is 1. The molecule has 2 rings (SSSR count). The van der Waals surface area contributed by atoms with Gasteiger partial charge in [-0.05, 0) is 17.7 Å². The van der Waals surface area contributed by atoms with E-state index >= 15 is 0 Å². The van der Waals surface area contributed by atoms with Gasteiger partial charge in [-0.25, -0.2) is 9.18 Å². The Balaban J connectivity index is 1.97. The van der Waals surface area contributed by atoms with Gasteiger partial charge in [0, 0.05) is 23.5 Å². The van der Waals surface area contributed by atoms with Crippen LogP contribution in [0.15, 0.2) is 18.2 Å². The number of carbonyl (C=O) groups is 1. The molecular weight excluding hydrogens is 323 g/mol. The minimum atomic E-state index is -0.441. The molecule has 2 N–H and O–H groups in total. The summed E-state index contributed by atoms with van der Waals surface area (Å²) in [7, 11) is 0. The molecule has 1 aromatic carbocycles. The summed E-state index contributed by atoms with van der Waals surface area (Å²) in [6.07, 6.45) is -0.339. The first kappa shape index (κ1) is 18.0. The molecule has 0 spiro atoms. The Labute approximate surface area is 140 Å². The molecule has 0 aromatic heterocycles. The van der Waals surface area contributed by atoms with Gasteiger partial charge in [-0.3, -0.25) is 0 Å². The average molecular weight is 345 g/mol. The summed E-state index contributed by atoms with van der Waals surface area (Å²) in [5, 5.41) is 12.3. The fourth-order valence-electron chi connectivity index (χ4n) is 2.56. The summed E-state index contributed by atoms with van der Waals surface area (Å²) >= 11 is 6.11. The predicted octanol–water partition coefficient (Wildman–Crippen LogP) is 2.16. The van der Waals surface area contributed by atoms with Crippen LogP contribution in [0.4, 0.5) is 9.18 Å². The molecule has 0 bridgehead atoms. The highest BCUT2D eigenvalue weighted by atomic mass is 35.5. The maximum Gasteiger partial charge on any atom is 0.317 e. The summed E-state index contributed by atoms with van der Waals surface area (Å²) in [6.45, 7) is 5.37. The minimum Gasteiger partial charge on any atom is -0.394 e. The molecule has 5 nitrogen and oxygen atoms in total. The molecule has 0 unspecified atom stereocenters. The van der Waals surface area contributed by atoms with Crippen molar-refractivity contribution in [1.29, 1.82) is 0 Å². The smallest absolute Gasteiger partial charge is 0.317 e. The van der Waals surface area contributed by atoms with E-state index in [4.69, 9.17) is 21.4 Å². The molecule has 1 fully saturated rings. The van der Waals surface area contributed by atoms with E-state index in [0.717, 1.165) is 5.56 Å². The van der Waals surface area contributed by atoms with Crippen molar-refractivity contribution in [3.63, 3.8) is 0 Å². The third-order valence-electron chi connectivity index (χ3n) is 3.97. The second-order valence-corrected chi connectivity index (χ2v) is 6.70. The third kappa shape index (κ3) is 4.56. The first-order chi connectivity index (χ1) is 10.8. The number of amides is 2. The van der Waals surface area contributed by atoms with Crippen LogP contribution in [0.25, 0.3) is 0 Å². The second-order valence-electron chi connectivity index (χ2n) is 6.29. The first-order valence-electron chi connectivity index (χ1n) is 7.54. The number of aliphatic hydroxyl groups is 1. The van der Waals surface area contributed by atoms with Crippen molar-refractivity contribution in [3.05, 3.63) is 34.6 Å². The number of ether oxygens (including phenoxy) is 1. The number of benzene rings is 1. The lowest BCUT2D eigenvalue weighted by Gasteiger charge is -2.33. The van der Waals surface area contributed by atoms with E-state index in [0.29, 0.717) is 31.3 Å². The SMILES string of the molecule is CC(C)(CNC(=O)N1CCO[C@@H](CO)C1)c1ccc(F)cc1Cl. The van der Waals surface area contributed by atoms with Crippen molar-refractivity contribution in [2.75, 3.05) is 32.8 Å². The van der Waals surface area contributed by atoms with Crippen LogP contribution >= 0.6 is 11.6 Å². The molecule has 1 heterocycles. The highest BCUT2D eigenvalue weighted by molar-refractivity contribution is 6.31. The van der Waals surface area contributed by atoms with Gasteiger partial charge in [0.25, 0.3) is 0 Å². The lowest BCUT2D eigenvalue weighted by atomic mass is 9.84. The molecule has 1 aromatic rings. The van der Waals surface area contributed by atoms with Crippen LogP contribution in [0, 0.1) is 5.82 Å². The quantitative estimate of drug-likeness (QED) is 0.880. The fraction of sp³-hybridized carbons (Fsp3) is 0.562. The zero-order chi connectivity index (χ0) is 17.0. The van der Waals surface area contributed by atoms with Gasteiger partial charge in [0.1, 0.15) is 5.82 Å². The molecule has 0 aliphatic carbocycles. The van der Waals surface area contributed by atoms with Gasteiger partial charge in [-0.2, -0.15) is 0 Å². The number of morpholine rings is 1. The fourth-order valence-corrected chi connectivity index (χ4v) is 2.98. The maximum atomic E-state index is 13.2. The van der Waals surface area contributed by atoms with Crippen molar-refractivity contribution in [1.82, 2.24) is 10.2 Å². The van der Waals surface area contributed by atoms with Crippen LogP contribution in [0.2, 0.25) is 5.02 Å². The molecule has 1 saturated heterocycles. The monoisotopic (exact) mass is 344 g/mol. The second kappa shape index (κ2) is 7.47. The minimum absolute atomic E-state index is 0.111. The van der Waals surface area contributed by atoms with Gasteiger partial charge < -0.3 is 20.1 Å². The molecule has 1 atom stereocenters. The molecule has 1 aliphatic heterocycles. The van der Waals surface area contributed by atoms with E-state index < -0.39 is 5.41 Å². The highest BCUT2D eigenvalue weighted by Crippen LogP contribution is 2.30. The molecular formula is C16H22ClFN2O3. The number of urea groups is 1. The van der Waals surface area contributed by atoms with Gasteiger partial charge >= 0.3 is 6.03 Å². The number of aliphatic hydroxyl groups excluding tert-OH is 1. The number of carbonyl (C=O) groups excluding carboxylic acids is 1. The van der Waals surface area contributed by atoms with Crippen molar-refractivity contribution >= 4 is 17.6 Å². The number of rotatable bonds is 4. The summed E-state index contributed by atoms with van der Waals surface area (Å²) in [6, 6.07) is 4.06. The Kier molecular flexibility index (Phi) is 5.84. The van der Waals surface area contributed by atoms with Crippen LogP contribution in [0.1, 0.15) is 19.4 Å². The van der Waals surface area contributed by atoms with E-state index in [2.05, 4.69) is 5.32 Å². The number of hydrogen-bond acceptors (Lipinski definition) is 3. The normalized spacial score (nSPS) is 18.8. The van der Waals surface area contributed by atoms with Gasteiger partial charge in [-0.15, -0.1) is 0 Å². The van der Waals surface area contributed by atoms with E-state index in [-0.39, 0.29) is 24.6 Å². The van der Waals surface area contributed by atoms with Crippen molar-refractivity contribution in [2.24, 2.45) is 0 Å². The number of nitrogens with one attached hydrogen (secondary N) is 1. The first-order valence-corrected chi connectivity index (χ1v) is 7.92. The summed E-state index contributed by atoms with van der Waals surface area (Å²) in [5.74, 6) is -0.387. The van der Waals surface area contributed by atoms with Gasteiger partial charge in [0.15, 0.2) is 0 Å². The largest absolute Gasteiger partial charge is 0.394 e. The predicted molar refractivity (Wildman–Crippen MR) is 86.2 cm³/mol. The third-order valence-corrected chi connectivity index (χ3v) is 4.28. The van der Waals surface area contributed by atoms with E-state index in [1.165, 1.54) is 12.1 Å². The van der Waals surface area contributed by atoms with Gasteiger partial charge in [0.2, 0.25) is 0 Å². The van der Waals surface area contributed by atoms with Crippen LogP contribution < -0.4 is 5.32 Å². The van der Waals surface area contributed by atoms with Gasteiger partial charge in [0.05, 0.1) is 25.9 Å². The number of hydrogen-bond donors (Lipinski definition) is 2. The van der Waals surface area contributed by atoms with E-state index in [1.54, 1.807) is 11.0 Å². The van der Waals surface area contributed by atoms with Crippen LogP contribution in [-0.4, -0.2) is 55.0 Å². The zero-order valence-electron chi connectivity index (χ0n) is 13.3. The molecule has 23 heavy (non-hydrogen) atoms.